The first-order valence-electron chi connectivity index (χ1n) is 6.73. The van der Waals surface area contributed by atoms with Crippen molar-refractivity contribution in [3.8, 4) is 5.75 Å². The van der Waals surface area contributed by atoms with Crippen LogP contribution in [0.1, 0.15) is 10.4 Å². The van der Waals surface area contributed by atoms with E-state index in [9.17, 15) is 24.5 Å². The molecule has 0 heterocycles. The van der Waals surface area contributed by atoms with Crippen molar-refractivity contribution < 1.29 is 33.8 Å². The van der Waals surface area contributed by atoms with Crippen LogP contribution in [-0.2, 0) is 14.4 Å². The van der Waals surface area contributed by atoms with Gasteiger partial charge in [-0.25, -0.2) is 4.79 Å². The molecule has 0 saturated carbocycles. The maximum Gasteiger partial charge on any atom is 0.414 e. The molecule has 0 saturated heterocycles. The topological polar surface area (TPSA) is 134 Å². The first-order chi connectivity index (χ1) is 12.0. The lowest BCUT2D eigenvalue weighted by atomic mass is 10.2. The summed E-state index contributed by atoms with van der Waals surface area (Å²) in [5.41, 5.74) is 0.0160. The Morgan fingerprint density at radius 1 is 1.20 bits per heavy atom. The van der Waals surface area contributed by atoms with E-state index in [1.54, 1.807) is 12.1 Å². The summed E-state index contributed by atoms with van der Waals surface area (Å²) >= 11 is 0. The molecule has 0 bridgehead atoms. The van der Waals surface area contributed by atoms with E-state index in [1.165, 1.54) is 33.7 Å². The second-order valence-electron chi connectivity index (χ2n) is 4.00. The summed E-state index contributed by atoms with van der Waals surface area (Å²) < 4.78 is 9.47. The molecular formula is C13H14N2O8S2. The highest BCUT2D eigenvalue weighted by Gasteiger charge is 2.15. The molecule has 0 aliphatic carbocycles. The van der Waals surface area contributed by atoms with Gasteiger partial charge in [0.2, 0.25) is 0 Å². The Hall–Kier alpha value is -2.47. The fraction of sp³-hybridized carbons (Fsp3) is 0.308. The number of nitrogens with zero attached hydrogens (tertiary/aromatic N) is 1. The van der Waals surface area contributed by atoms with Crippen molar-refractivity contribution in [3.05, 3.63) is 39.9 Å². The van der Waals surface area contributed by atoms with Gasteiger partial charge in [-0.3, -0.25) is 14.9 Å². The monoisotopic (exact) mass is 390 g/mol. The minimum absolute atomic E-state index is 0.0160. The third kappa shape index (κ3) is 8.81. The molecule has 0 atom stereocenters. The molecule has 0 aliphatic rings. The summed E-state index contributed by atoms with van der Waals surface area (Å²) in [6, 6.07) is 5.92. The number of carbonyl (C=O) groups is 3. The number of ether oxygens (including phenoxy) is 2. The van der Waals surface area contributed by atoms with Crippen LogP contribution in [0.3, 0.4) is 0 Å². The molecule has 0 aliphatic heterocycles. The van der Waals surface area contributed by atoms with E-state index in [4.69, 9.17) is 4.74 Å². The first kappa shape index (κ1) is 20.6. The number of rotatable bonds is 11. The van der Waals surface area contributed by atoms with Gasteiger partial charge in [0.15, 0.2) is 0 Å². The SMILES string of the molecule is O=COc1ccccc1C(=O)NC(=O)OCCSSCCO[N+](=O)[O-]. The Bertz CT molecular complexity index is 613. The van der Waals surface area contributed by atoms with Gasteiger partial charge >= 0.3 is 6.09 Å². The summed E-state index contributed by atoms with van der Waals surface area (Å²) in [5.74, 6) is 0.0903. The van der Waals surface area contributed by atoms with Crippen LogP contribution in [0, 0.1) is 10.1 Å². The zero-order valence-corrected chi connectivity index (χ0v) is 14.4. The number of nitrogens with one attached hydrogen (secondary N) is 1. The van der Waals surface area contributed by atoms with Gasteiger partial charge < -0.3 is 14.3 Å². The second-order valence-corrected chi connectivity index (χ2v) is 6.70. The second kappa shape index (κ2) is 12.0. The van der Waals surface area contributed by atoms with Crippen molar-refractivity contribution in [2.45, 2.75) is 0 Å². The van der Waals surface area contributed by atoms with Crippen LogP contribution in [0.25, 0.3) is 0 Å². The van der Waals surface area contributed by atoms with Gasteiger partial charge in [-0.15, -0.1) is 10.1 Å². The van der Waals surface area contributed by atoms with Crippen molar-refractivity contribution in [1.29, 1.82) is 0 Å². The molecule has 1 aromatic carbocycles. The summed E-state index contributed by atoms with van der Waals surface area (Å²) in [7, 11) is 2.66. The van der Waals surface area contributed by atoms with E-state index in [-0.39, 0.29) is 31.0 Å². The lowest BCUT2D eigenvalue weighted by Gasteiger charge is -2.08. The molecular weight excluding hydrogens is 376 g/mol. The minimum atomic E-state index is -0.937. The van der Waals surface area contributed by atoms with Crippen LogP contribution in [0.5, 0.6) is 5.75 Å². The van der Waals surface area contributed by atoms with E-state index >= 15 is 0 Å². The number of hydrogen-bond acceptors (Lipinski definition) is 10. The van der Waals surface area contributed by atoms with E-state index in [0.717, 1.165) is 0 Å². The lowest BCUT2D eigenvalue weighted by Crippen LogP contribution is -2.31. The van der Waals surface area contributed by atoms with Crippen LogP contribution in [0.15, 0.2) is 24.3 Å². The van der Waals surface area contributed by atoms with Crippen LogP contribution in [0.4, 0.5) is 4.79 Å². The van der Waals surface area contributed by atoms with Crippen molar-refractivity contribution in [2.24, 2.45) is 0 Å². The Kier molecular flexibility index (Phi) is 9.85. The third-order valence-electron chi connectivity index (χ3n) is 2.37. The number of benzene rings is 1. The smallest absolute Gasteiger partial charge is 0.414 e. The molecule has 0 aromatic heterocycles. The molecule has 0 spiro atoms. The van der Waals surface area contributed by atoms with Crippen LogP contribution >= 0.6 is 21.6 Å². The molecule has 25 heavy (non-hydrogen) atoms. The van der Waals surface area contributed by atoms with Crippen molar-refractivity contribution in [1.82, 2.24) is 5.32 Å². The molecule has 136 valence electrons. The average Bonchev–Trinajstić information content (AvgIpc) is 2.57. The van der Waals surface area contributed by atoms with Gasteiger partial charge in [0, 0.05) is 11.5 Å². The molecule has 0 fully saturated rings. The standard InChI is InChI=1S/C13H14N2O8S2/c16-9-22-11-4-2-1-3-10(11)12(17)14-13(18)21-5-7-24-25-8-6-23-15(19)20/h1-4,9H,5-8H2,(H,14,17,18). The van der Waals surface area contributed by atoms with E-state index in [1.807, 2.05) is 5.32 Å². The quantitative estimate of drug-likeness (QED) is 0.195. The number of carbonyl (C=O) groups excluding carboxylic acids is 3. The predicted octanol–water partition coefficient (Wildman–Crippen LogP) is 1.68. The Balaban J connectivity index is 2.23. The molecule has 2 amide bonds. The van der Waals surface area contributed by atoms with E-state index in [2.05, 4.69) is 9.57 Å². The van der Waals surface area contributed by atoms with Crippen LogP contribution < -0.4 is 10.1 Å². The number of amides is 2. The Morgan fingerprint density at radius 3 is 2.56 bits per heavy atom. The highest BCUT2D eigenvalue weighted by atomic mass is 33.1. The summed E-state index contributed by atoms with van der Waals surface area (Å²) in [5, 5.41) is 11.1. The van der Waals surface area contributed by atoms with Crippen molar-refractivity contribution in [2.75, 3.05) is 24.7 Å². The number of imide groups is 1. The van der Waals surface area contributed by atoms with E-state index < -0.39 is 17.1 Å². The molecule has 12 heteroatoms. The van der Waals surface area contributed by atoms with Crippen LogP contribution in [0.2, 0.25) is 0 Å². The fourth-order valence-electron chi connectivity index (χ4n) is 1.44. The number of alkyl carbamates (subject to hydrolysis) is 1. The third-order valence-corrected chi connectivity index (χ3v) is 4.70. The van der Waals surface area contributed by atoms with Gasteiger partial charge in [-0.05, 0) is 12.1 Å². The van der Waals surface area contributed by atoms with E-state index in [0.29, 0.717) is 11.5 Å². The molecule has 1 aromatic rings. The zero-order valence-electron chi connectivity index (χ0n) is 12.7. The number of para-hydroxylation sites is 1. The normalized spacial score (nSPS) is 9.76. The summed E-state index contributed by atoms with van der Waals surface area (Å²) in [4.78, 5) is 47.9. The Morgan fingerprint density at radius 2 is 1.88 bits per heavy atom. The van der Waals surface area contributed by atoms with Gasteiger partial charge in [-0.2, -0.15) is 0 Å². The first-order valence-corrected chi connectivity index (χ1v) is 9.22. The minimum Gasteiger partial charge on any atom is -0.448 e. The van der Waals surface area contributed by atoms with Crippen LogP contribution in [-0.4, -0.2) is 48.3 Å². The summed E-state index contributed by atoms with van der Waals surface area (Å²) in [6.07, 6.45) is -0.937. The maximum atomic E-state index is 11.9. The molecule has 1 N–H and O–H groups in total. The lowest BCUT2D eigenvalue weighted by molar-refractivity contribution is -0.756. The van der Waals surface area contributed by atoms with Crippen molar-refractivity contribution in [3.63, 3.8) is 0 Å². The van der Waals surface area contributed by atoms with Gasteiger partial charge in [0.25, 0.3) is 17.5 Å². The highest BCUT2D eigenvalue weighted by Crippen LogP contribution is 2.20. The Labute approximate surface area is 150 Å². The largest absolute Gasteiger partial charge is 0.448 e. The molecule has 0 unspecified atom stereocenters. The molecule has 1 rings (SSSR count). The fourth-order valence-corrected chi connectivity index (χ4v) is 3.08. The van der Waals surface area contributed by atoms with Gasteiger partial charge in [0.05, 0.1) is 5.56 Å². The number of hydrogen-bond donors (Lipinski definition) is 1. The molecule has 10 nitrogen and oxygen atoms in total. The zero-order chi connectivity index (χ0) is 18.5. The maximum absolute atomic E-state index is 11.9. The predicted molar refractivity (Wildman–Crippen MR) is 89.8 cm³/mol. The highest BCUT2D eigenvalue weighted by molar-refractivity contribution is 8.76. The average molecular weight is 390 g/mol. The molecule has 0 radical (unpaired) electrons. The van der Waals surface area contributed by atoms with Gasteiger partial charge in [-0.1, -0.05) is 33.7 Å². The van der Waals surface area contributed by atoms with Crippen molar-refractivity contribution >= 4 is 40.1 Å². The summed E-state index contributed by atoms with van der Waals surface area (Å²) in [6.45, 7) is 0.193. The van der Waals surface area contributed by atoms with Gasteiger partial charge in [0.1, 0.15) is 19.0 Å².